The zero-order chi connectivity index (χ0) is 10.2. The van der Waals surface area contributed by atoms with Gasteiger partial charge in [-0.15, -0.1) is 0 Å². The molecule has 1 aromatic rings. The molecule has 0 spiro atoms. The number of para-hydroxylation sites is 2. The third kappa shape index (κ3) is 3.21. The Morgan fingerprint density at radius 2 is 2.14 bits per heavy atom. The van der Waals surface area contributed by atoms with Gasteiger partial charge in [0, 0.05) is 6.21 Å². The molecule has 0 unspecified atom stereocenters. The van der Waals surface area contributed by atoms with Crippen LogP contribution in [0.4, 0.5) is 5.69 Å². The quantitative estimate of drug-likeness (QED) is 0.515. The summed E-state index contributed by atoms with van der Waals surface area (Å²) in [5.74, 6) is 0.834. The minimum absolute atomic E-state index is 0.834. The number of ether oxygens (including phenoxy) is 1. The second-order valence-corrected chi connectivity index (χ2v) is 3.13. The van der Waals surface area contributed by atoms with Crippen molar-refractivity contribution in [3.63, 3.8) is 0 Å². The van der Waals surface area contributed by atoms with Gasteiger partial charge < -0.3 is 4.74 Å². The van der Waals surface area contributed by atoms with Crippen molar-refractivity contribution >= 4 is 11.9 Å². The lowest BCUT2D eigenvalue weighted by Gasteiger charge is -2.02. The highest BCUT2D eigenvalue weighted by molar-refractivity contribution is 5.66. The number of rotatable bonds is 5. The number of methoxy groups -OCH3 is 1. The molecule has 14 heavy (non-hydrogen) atoms. The van der Waals surface area contributed by atoms with Crippen LogP contribution in [-0.4, -0.2) is 13.3 Å². The molecule has 0 saturated heterocycles. The van der Waals surface area contributed by atoms with Crippen molar-refractivity contribution < 1.29 is 4.74 Å². The van der Waals surface area contributed by atoms with Crippen LogP contribution in [0.3, 0.4) is 0 Å². The third-order valence-corrected chi connectivity index (χ3v) is 2.00. The fraction of sp³-hybridized carbons (Fsp3) is 0.417. The molecule has 76 valence electrons. The Kier molecular flexibility index (Phi) is 4.76. The molecule has 2 heteroatoms. The van der Waals surface area contributed by atoms with E-state index in [0.29, 0.717) is 0 Å². The predicted molar refractivity (Wildman–Crippen MR) is 60.7 cm³/mol. The normalized spacial score (nSPS) is 10.7. The lowest BCUT2D eigenvalue weighted by molar-refractivity contribution is 0.416. The Bertz CT molecular complexity index is 294. The van der Waals surface area contributed by atoms with Crippen molar-refractivity contribution in [2.75, 3.05) is 7.11 Å². The first-order valence-corrected chi connectivity index (χ1v) is 5.04. The van der Waals surface area contributed by atoms with Gasteiger partial charge >= 0.3 is 0 Å². The van der Waals surface area contributed by atoms with E-state index in [4.69, 9.17) is 4.74 Å². The van der Waals surface area contributed by atoms with Gasteiger partial charge in [-0.25, -0.2) is 0 Å². The maximum absolute atomic E-state index is 5.19. The summed E-state index contributed by atoms with van der Waals surface area (Å²) in [6.45, 7) is 2.18. The van der Waals surface area contributed by atoms with Crippen LogP contribution in [0.5, 0.6) is 5.75 Å². The zero-order valence-electron chi connectivity index (χ0n) is 8.86. The molecule has 0 aliphatic carbocycles. The van der Waals surface area contributed by atoms with Gasteiger partial charge in [-0.2, -0.15) is 0 Å². The molecule has 0 aliphatic heterocycles. The number of hydrogen-bond donors (Lipinski definition) is 0. The van der Waals surface area contributed by atoms with Crippen molar-refractivity contribution in [1.29, 1.82) is 0 Å². The highest BCUT2D eigenvalue weighted by Crippen LogP contribution is 2.25. The highest BCUT2D eigenvalue weighted by atomic mass is 16.5. The topological polar surface area (TPSA) is 21.6 Å². The van der Waals surface area contributed by atoms with Gasteiger partial charge in [-0.1, -0.05) is 25.5 Å². The van der Waals surface area contributed by atoms with E-state index in [1.54, 1.807) is 7.11 Å². The van der Waals surface area contributed by atoms with Crippen LogP contribution in [-0.2, 0) is 0 Å². The molecule has 0 atom stereocenters. The summed E-state index contributed by atoms with van der Waals surface area (Å²) in [6, 6.07) is 7.80. The van der Waals surface area contributed by atoms with E-state index in [2.05, 4.69) is 11.9 Å². The Morgan fingerprint density at radius 1 is 1.36 bits per heavy atom. The molecule has 0 saturated carbocycles. The molecular weight excluding hydrogens is 174 g/mol. The van der Waals surface area contributed by atoms with Gasteiger partial charge in [0.2, 0.25) is 0 Å². The molecule has 0 heterocycles. The van der Waals surface area contributed by atoms with Crippen LogP contribution in [0.1, 0.15) is 26.2 Å². The van der Waals surface area contributed by atoms with Crippen LogP contribution in [0.15, 0.2) is 29.3 Å². The summed E-state index contributed by atoms with van der Waals surface area (Å²) in [5.41, 5.74) is 0.908. The number of benzene rings is 1. The molecule has 0 radical (unpaired) electrons. The molecule has 0 N–H and O–H groups in total. The van der Waals surface area contributed by atoms with E-state index in [-0.39, 0.29) is 0 Å². The summed E-state index contributed by atoms with van der Waals surface area (Å²) < 4.78 is 5.19. The van der Waals surface area contributed by atoms with Crippen LogP contribution in [0, 0.1) is 0 Å². The standard InChI is InChI=1S/C12H17NO/c1-3-4-7-10-13-11-8-5-6-9-12(11)14-2/h5-6,8-10H,3-4,7H2,1-2H3. The molecule has 1 rings (SSSR count). The van der Waals surface area contributed by atoms with Gasteiger partial charge in [0.1, 0.15) is 11.4 Å². The summed E-state index contributed by atoms with van der Waals surface area (Å²) in [5, 5.41) is 0. The first kappa shape index (κ1) is 10.8. The summed E-state index contributed by atoms with van der Waals surface area (Å²) in [6.07, 6.45) is 5.40. The highest BCUT2D eigenvalue weighted by Gasteiger charge is 1.96. The molecule has 2 nitrogen and oxygen atoms in total. The second kappa shape index (κ2) is 6.19. The Balaban J connectivity index is 2.61. The average Bonchev–Trinajstić information content (AvgIpc) is 2.25. The summed E-state index contributed by atoms with van der Waals surface area (Å²) >= 11 is 0. The van der Waals surface area contributed by atoms with Crippen molar-refractivity contribution in [3.05, 3.63) is 24.3 Å². The number of unbranched alkanes of at least 4 members (excludes halogenated alkanes) is 2. The van der Waals surface area contributed by atoms with Crippen LogP contribution < -0.4 is 4.74 Å². The smallest absolute Gasteiger partial charge is 0.144 e. The van der Waals surface area contributed by atoms with Crippen molar-refractivity contribution in [2.24, 2.45) is 4.99 Å². The number of aliphatic imine (C=N–C) groups is 1. The van der Waals surface area contributed by atoms with E-state index >= 15 is 0 Å². The molecule has 0 amide bonds. The molecule has 0 aliphatic rings. The molecule has 1 aromatic carbocycles. The molecular formula is C12H17NO. The van der Waals surface area contributed by atoms with E-state index in [1.807, 2.05) is 30.5 Å². The minimum atomic E-state index is 0.834. The Hall–Kier alpha value is -1.31. The monoisotopic (exact) mass is 191 g/mol. The zero-order valence-corrected chi connectivity index (χ0v) is 8.86. The molecule has 0 aromatic heterocycles. The summed E-state index contributed by atoms with van der Waals surface area (Å²) in [4.78, 5) is 4.36. The van der Waals surface area contributed by atoms with Gasteiger partial charge in [0.15, 0.2) is 0 Å². The van der Waals surface area contributed by atoms with Gasteiger partial charge in [-0.3, -0.25) is 4.99 Å². The minimum Gasteiger partial charge on any atom is -0.494 e. The van der Waals surface area contributed by atoms with E-state index in [9.17, 15) is 0 Å². The Morgan fingerprint density at radius 3 is 2.86 bits per heavy atom. The predicted octanol–water partition coefficient (Wildman–Crippen LogP) is 3.59. The van der Waals surface area contributed by atoms with Crippen LogP contribution >= 0.6 is 0 Å². The van der Waals surface area contributed by atoms with Crippen LogP contribution in [0.2, 0.25) is 0 Å². The Labute approximate surface area is 85.6 Å². The first-order valence-electron chi connectivity index (χ1n) is 5.04. The van der Waals surface area contributed by atoms with Crippen molar-refractivity contribution in [2.45, 2.75) is 26.2 Å². The molecule has 0 fully saturated rings. The second-order valence-electron chi connectivity index (χ2n) is 3.13. The van der Waals surface area contributed by atoms with Crippen LogP contribution in [0.25, 0.3) is 0 Å². The lowest BCUT2D eigenvalue weighted by Crippen LogP contribution is -1.83. The maximum Gasteiger partial charge on any atom is 0.144 e. The van der Waals surface area contributed by atoms with E-state index < -0.39 is 0 Å². The van der Waals surface area contributed by atoms with E-state index in [0.717, 1.165) is 17.9 Å². The number of hydrogen-bond acceptors (Lipinski definition) is 2. The van der Waals surface area contributed by atoms with Crippen molar-refractivity contribution in [3.8, 4) is 5.75 Å². The number of nitrogens with zero attached hydrogens (tertiary/aromatic N) is 1. The fourth-order valence-electron chi connectivity index (χ4n) is 1.19. The van der Waals surface area contributed by atoms with Gasteiger partial charge in [0.05, 0.1) is 7.11 Å². The SMILES string of the molecule is CCCCC=Nc1ccccc1OC. The molecule has 0 bridgehead atoms. The summed E-state index contributed by atoms with van der Waals surface area (Å²) in [7, 11) is 1.67. The third-order valence-electron chi connectivity index (χ3n) is 2.00. The first-order chi connectivity index (χ1) is 6.88. The average molecular weight is 191 g/mol. The van der Waals surface area contributed by atoms with E-state index in [1.165, 1.54) is 12.8 Å². The van der Waals surface area contributed by atoms with Gasteiger partial charge in [-0.05, 0) is 25.0 Å². The largest absolute Gasteiger partial charge is 0.494 e. The maximum atomic E-state index is 5.19. The lowest BCUT2D eigenvalue weighted by atomic mass is 10.2. The van der Waals surface area contributed by atoms with Gasteiger partial charge in [0.25, 0.3) is 0 Å². The fourth-order valence-corrected chi connectivity index (χ4v) is 1.19. The van der Waals surface area contributed by atoms with Crippen molar-refractivity contribution in [1.82, 2.24) is 0 Å².